The smallest absolute Gasteiger partial charge is 0.325 e. The second-order valence-corrected chi connectivity index (χ2v) is 4.98. The second kappa shape index (κ2) is 10.1. The van der Waals surface area contributed by atoms with Gasteiger partial charge in [0.15, 0.2) is 0 Å². The van der Waals surface area contributed by atoms with Crippen LogP contribution in [-0.2, 0) is 25.7 Å². The SMILES string of the molecule is CCOC(=O)[C@H](COCc1ccccc1)NCC(=O)Nc1nnn[nH]1. The monoisotopic (exact) mass is 348 g/mol. The molecule has 3 N–H and O–H groups in total. The highest BCUT2D eigenvalue weighted by Gasteiger charge is 2.21. The number of hydrogen-bond donors (Lipinski definition) is 3. The highest BCUT2D eigenvalue weighted by atomic mass is 16.5. The van der Waals surface area contributed by atoms with Gasteiger partial charge in [-0.2, -0.15) is 0 Å². The molecule has 0 fully saturated rings. The fourth-order valence-electron chi connectivity index (χ4n) is 1.93. The van der Waals surface area contributed by atoms with Crippen molar-refractivity contribution in [3.05, 3.63) is 35.9 Å². The van der Waals surface area contributed by atoms with Crippen molar-refractivity contribution < 1.29 is 19.1 Å². The van der Waals surface area contributed by atoms with Gasteiger partial charge in [-0.25, -0.2) is 5.10 Å². The fraction of sp³-hybridized carbons (Fsp3) is 0.400. The van der Waals surface area contributed by atoms with Crippen LogP contribution in [0.1, 0.15) is 12.5 Å². The molecular weight excluding hydrogens is 328 g/mol. The Morgan fingerprint density at radius 1 is 1.28 bits per heavy atom. The standard InChI is InChI=1S/C15H20N6O4/c1-2-25-14(23)12(10-24-9-11-6-4-3-5-7-11)16-8-13(22)17-15-18-20-21-19-15/h3-7,12,16H,2,8-10H2,1H3,(H2,17,18,19,20,21,22)/t12-/m0/s1. The van der Waals surface area contributed by atoms with Crippen LogP contribution in [0.15, 0.2) is 30.3 Å². The van der Waals surface area contributed by atoms with Crippen LogP contribution in [0.5, 0.6) is 0 Å². The molecule has 0 unspecified atom stereocenters. The number of ether oxygens (including phenoxy) is 2. The zero-order valence-electron chi connectivity index (χ0n) is 13.8. The normalized spacial score (nSPS) is 11.7. The Morgan fingerprint density at radius 2 is 2.08 bits per heavy atom. The molecule has 0 saturated heterocycles. The number of tetrazole rings is 1. The van der Waals surface area contributed by atoms with Crippen LogP contribution < -0.4 is 10.6 Å². The van der Waals surface area contributed by atoms with Crippen molar-refractivity contribution in [3.8, 4) is 0 Å². The molecule has 1 heterocycles. The molecule has 134 valence electrons. The number of nitrogens with zero attached hydrogens (tertiary/aromatic N) is 3. The summed E-state index contributed by atoms with van der Waals surface area (Å²) in [6.07, 6.45) is 0. The van der Waals surface area contributed by atoms with Gasteiger partial charge < -0.3 is 9.47 Å². The van der Waals surface area contributed by atoms with Gasteiger partial charge in [0, 0.05) is 0 Å². The number of H-pyrrole nitrogens is 1. The maximum Gasteiger partial charge on any atom is 0.325 e. The van der Waals surface area contributed by atoms with Gasteiger partial charge in [0.2, 0.25) is 11.9 Å². The first-order valence-electron chi connectivity index (χ1n) is 7.74. The number of benzene rings is 1. The van der Waals surface area contributed by atoms with Crippen molar-refractivity contribution in [2.75, 3.05) is 25.1 Å². The molecule has 0 aliphatic heterocycles. The van der Waals surface area contributed by atoms with Crippen LogP contribution in [-0.4, -0.2) is 58.3 Å². The number of hydrogen-bond acceptors (Lipinski definition) is 8. The lowest BCUT2D eigenvalue weighted by atomic mass is 10.2. The van der Waals surface area contributed by atoms with Crippen LogP contribution in [0.2, 0.25) is 0 Å². The minimum absolute atomic E-state index is 0.0743. The quantitative estimate of drug-likeness (QED) is 0.506. The number of amides is 1. The highest BCUT2D eigenvalue weighted by Crippen LogP contribution is 2.02. The lowest BCUT2D eigenvalue weighted by Crippen LogP contribution is -2.45. The number of nitrogens with one attached hydrogen (secondary N) is 3. The first-order valence-corrected chi connectivity index (χ1v) is 7.74. The van der Waals surface area contributed by atoms with E-state index in [0.29, 0.717) is 6.61 Å². The third-order valence-corrected chi connectivity index (χ3v) is 3.08. The van der Waals surface area contributed by atoms with E-state index in [1.807, 2.05) is 30.3 Å². The number of aromatic nitrogens is 4. The molecule has 1 aromatic heterocycles. The zero-order chi connectivity index (χ0) is 17.9. The Labute approximate surface area is 144 Å². The first-order chi connectivity index (χ1) is 12.2. The third-order valence-electron chi connectivity index (χ3n) is 3.08. The molecule has 25 heavy (non-hydrogen) atoms. The van der Waals surface area contributed by atoms with E-state index in [-0.39, 0.29) is 25.7 Å². The van der Waals surface area contributed by atoms with Crippen molar-refractivity contribution in [2.45, 2.75) is 19.6 Å². The van der Waals surface area contributed by atoms with Crippen molar-refractivity contribution >= 4 is 17.8 Å². The molecule has 0 spiro atoms. The van der Waals surface area contributed by atoms with E-state index in [1.54, 1.807) is 6.92 Å². The average Bonchev–Trinajstić information content (AvgIpc) is 3.12. The number of anilines is 1. The van der Waals surface area contributed by atoms with E-state index >= 15 is 0 Å². The molecule has 10 nitrogen and oxygen atoms in total. The fourth-order valence-corrected chi connectivity index (χ4v) is 1.93. The number of aromatic amines is 1. The van der Waals surface area contributed by atoms with E-state index in [1.165, 1.54) is 0 Å². The lowest BCUT2D eigenvalue weighted by molar-refractivity contribution is -0.147. The van der Waals surface area contributed by atoms with Crippen LogP contribution >= 0.6 is 0 Å². The zero-order valence-corrected chi connectivity index (χ0v) is 13.8. The lowest BCUT2D eigenvalue weighted by Gasteiger charge is -2.17. The molecule has 1 amide bonds. The predicted octanol–water partition coefficient (Wildman–Crippen LogP) is -0.124. The molecule has 1 aromatic carbocycles. The minimum Gasteiger partial charge on any atom is -0.465 e. The summed E-state index contributed by atoms with van der Waals surface area (Å²) in [5.74, 6) is -0.764. The largest absolute Gasteiger partial charge is 0.465 e. The Bertz CT molecular complexity index is 649. The number of carbonyl (C=O) groups is 2. The molecule has 2 rings (SSSR count). The maximum absolute atomic E-state index is 12.0. The van der Waals surface area contributed by atoms with Gasteiger partial charge in [0.1, 0.15) is 6.04 Å². The average molecular weight is 348 g/mol. The maximum atomic E-state index is 12.0. The minimum atomic E-state index is -0.762. The Kier molecular flexibility index (Phi) is 7.47. The van der Waals surface area contributed by atoms with Crippen LogP contribution in [0, 0.1) is 0 Å². The number of esters is 1. The van der Waals surface area contributed by atoms with Crippen molar-refractivity contribution in [1.29, 1.82) is 0 Å². The van der Waals surface area contributed by atoms with Gasteiger partial charge in [-0.1, -0.05) is 35.4 Å². The third kappa shape index (κ3) is 6.65. The van der Waals surface area contributed by atoms with E-state index in [2.05, 4.69) is 31.3 Å². The van der Waals surface area contributed by atoms with Gasteiger partial charge in [0.05, 0.1) is 26.4 Å². The Balaban J connectivity index is 1.80. The van der Waals surface area contributed by atoms with Gasteiger partial charge in [0.25, 0.3) is 0 Å². The summed E-state index contributed by atoms with van der Waals surface area (Å²) in [4.78, 5) is 23.8. The van der Waals surface area contributed by atoms with Crippen LogP contribution in [0.25, 0.3) is 0 Å². The first kappa shape index (κ1) is 18.5. The van der Waals surface area contributed by atoms with Crippen LogP contribution in [0.4, 0.5) is 5.95 Å². The molecule has 0 aliphatic carbocycles. The van der Waals surface area contributed by atoms with Crippen molar-refractivity contribution in [2.24, 2.45) is 0 Å². The van der Waals surface area contributed by atoms with Crippen LogP contribution in [0.3, 0.4) is 0 Å². The molecule has 0 saturated carbocycles. The molecular formula is C15H20N6O4. The molecule has 0 bridgehead atoms. The number of rotatable bonds is 10. The molecule has 2 aromatic rings. The summed E-state index contributed by atoms with van der Waals surface area (Å²) in [6, 6.07) is 8.81. The Hall–Kier alpha value is -2.85. The molecule has 0 radical (unpaired) electrons. The van der Waals surface area contributed by atoms with Crippen molar-refractivity contribution in [3.63, 3.8) is 0 Å². The highest BCUT2D eigenvalue weighted by molar-refractivity contribution is 5.90. The van der Waals surface area contributed by atoms with Gasteiger partial charge in [-0.15, -0.1) is 0 Å². The summed E-state index contributed by atoms with van der Waals surface area (Å²) in [7, 11) is 0. The van der Waals surface area contributed by atoms with E-state index in [4.69, 9.17) is 9.47 Å². The van der Waals surface area contributed by atoms with Gasteiger partial charge >= 0.3 is 5.97 Å². The van der Waals surface area contributed by atoms with Gasteiger partial charge in [-0.3, -0.25) is 20.2 Å². The Morgan fingerprint density at radius 3 is 2.76 bits per heavy atom. The van der Waals surface area contributed by atoms with E-state index < -0.39 is 17.9 Å². The second-order valence-electron chi connectivity index (χ2n) is 4.98. The summed E-state index contributed by atoms with van der Waals surface area (Å²) in [5, 5.41) is 17.9. The van der Waals surface area contributed by atoms with E-state index in [0.717, 1.165) is 5.56 Å². The molecule has 0 aliphatic rings. The summed E-state index contributed by atoms with van der Waals surface area (Å²) in [5.41, 5.74) is 0.987. The predicted molar refractivity (Wildman–Crippen MR) is 87.3 cm³/mol. The summed E-state index contributed by atoms with van der Waals surface area (Å²) >= 11 is 0. The van der Waals surface area contributed by atoms with E-state index in [9.17, 15) is 9.59 Å². The van der Waals surface area contributed by atoms with Gasteiger partial charge in [-0.05, 0) is 22.9 Å². The topological polar surface area (TPSA) is 131 Å². The molecule has 10 heteroatoms. The summed E-state index contributed by atoms with van der Waals surface area (Å²) < 4.78 is 10.5. The summed E-state index contributed by atoms with van der Waals surface area (Å²) in [6.45, 7) is 2.26. The number of carbonyl (C=O) groups excluding carboxylic acids is 2. The van der Waals surface area contributed by atoms with Crippen molar-refractivity contribution in [1.82, 2.24) is 25.9 Å². The molecule has 1 atom stereocenters.